The molecule has 1 rings (SSSR count). The van der Waals surface area contributed by atoms with Gasteiger partial charge in [-0.3, -0.25) is 4.79 Å². The van der Waals surface area contributed by atoms with Gasteiger partial charge in [0.25, 0.3) is 0 Å². The Hall–Kier alpha value is -0.320. The average Bonchev–Trinajstić information content (AvgIpc) is 2.47. The summed E-state index contributed by atoms with van der Waals surface area (Å²) in [5.41, 5.74) is 11.4. The van der Waals surface area contributed by atoms with Crippen LogP contribution in [0.3, 0.4) is 0 Å². The van der Waals surface area contributed by atoms with Gasteiger partial charge in [0.1, 0.15) is 0 Å². The van der Waals surface area contributed by atoms with Crippen molar-refractivity contribution in [2.45, 2.75) is 39.3 Å². The van der Waals surface area contributed by atoms with Gasteiger partial charge in [0, 0.05) is 19.1 Å². The SMILES string of the molecule is CC(C)(C)C(N)C(=O)N1CC[C@@H](N)C1.Cl. The Kier molecular flexibility index (Phi) is 5.03. The number of hydrogen-bond acceptors (Lipinski definition) is 3. The third kappa shape index (κ3) is 3.63. The largest absolute Gasteiger partial charge is 0.340 e. The molecule has 0 spiro atoms. The number of hydrogen-bond donors (Lipinski definition) is 2. The highest BCUT2D eigenvalue weighted by Gasteiger charge is 2.33. The molecule has 2 atom stereocenters. The summed E-state index contributed by atoms with van der Waals surface area (Å²) in [6, 6.07) is -0.293. The predicted octanol–water partition coefficient (Wildman–Crippen LogP) is 0.341. The van der Waals surface area contributed by atoms with Crippen molar-refractivity contribution in [2.24, 2.45) is 16.9 Å². The maximum absolute atomic E-state index is 11.9. The summed E-state index contributed by atoms with van der Waals surface area (Å²) in [5.74, 6) is 0.0328. The first-order chi connectivity index (χ1) is 6.32. The minimum Gasteiger partial charge on any atom is -0.340 e. The molecule has 1 fully saturated rings. The van der Waals surface area contributed by atoms with Crippen molar-refractivity contribution in [3.8, 4) is 0 Å². The molecular formula is C10H22ClN3O. The van der Waals surface area contributed by atoms with Crippen LogP contribution in [0, 0.1) is 5.41 Å². The number of carbonyl (C=O) groups excluding carboxylic acids is 1. The van der Waals surface area contributed by atoms with E-state index in [9.17, 15) is 4.79 Å². The molecule has 1 amide bonds. The second-order valence-electron chi connectivity index (χ2n) is 5.18. The first kappa shape index (κ1) is 14.7. The van der Waals surface area contributed by atoms with E-state index >= 15 is 0 Å². The van der Waals surface area contributed by atoms with E-state index in [2.05, 4.69) is 0 Å². The van der Waals surface area contributed by atoms with E-state index in [0.29, 0.717) is 6.54 Å². The quantitative estimate of drug-likeness (QED) is 0.689. The van der Waals surface area contributed by atoms with Gasteiger partial charge in [-0.15, -0.1) is 12.4 Å². The molecule has 0 aromatic heterocycles. The Bertz CT molecular complexity index is 227. The number of halogens is 1. The van der Waals surface area contributed by atoms with E-state index < -0.39 is 6.04 Å². The number of amides is 1. The molecule has 0 aliphatic carbocycles. The Balaban J connectivity index is 0.00000196. The number of likely N-dealkylation sites (tertiary alicyclic amines) is 1. The fourth-order valence-electron chi connectivity index (χ4n) is 1.55. The van der Waals surface area contributed by atoms with Crippen molar-refractivity contribution >= 4 is 18.3 Å². The minimum absolute atomic E-state index is 0. The van der Waals surface area contributed by atoms with Gasteiger partial charge in [-0.1, -0.05) is 20.8 Å². The van der Waals surface area contributed by atoms with Crippen LogP contribution in [-0.4, -0.2) is 36.0 Å². The van der Waals surface area contributed by atoms with Crippen molar-refractivity contribution in [3.63, 3.8) is 0 Å². The third-order valence-corrected chi connectivity index (χ3v) is 2.74. The van der Waals surface area contributed by atoms with Crippen LogP contribution in [-0.2, 0) is 4.79 Å². The zero-order valence-corrected chi connectivity index (χ0v) is 10.5. The monoisotopic (exact) mass is 235 g/mol. The standard InChI is InChI=1S/C10H21N3O.ClH/c1-10(2,3)8(12)9(14)13-5-4-7(11)6-13;/h7-8H,4-6,11-12H2,1-3H3;1H/t7-,8?;/m1./s1. The van der Waals surface area contributed by atoms with Crippen LogP contribution < -0.4 is 11.5 Å². The van der Waals surface area contributed by atoms with Crippen LogP contribution in [0.1, 0.15) is 27.2 Å². The Morgan fingerprint density at radius 3 is 2.33 bits per heavy atom. The van der Waals surface area contributed by atoms with Crippen LogP contribution in [0.25, 0.3) is 0 Å². The molecule has 5 heteroatoms. The fraction of sp³-hybridized carbons (Fsp3) is 0.900. The van der Waals surface area contributed by atoms with E-state index in [1.165, 1.54) is 0 Å². The van der Waals surface area contributed by atoms with Crippen molar-refractivity contribution < 1.29 is 4.79 Å². The molecule has 0 bridgehead atoms. The second kappa shape index (κ2) is 5.14. The summed E-state index contributed by atoms with van der Waals surface area (Å²) in [7, 11) is 0. The van der Waals surface area contributed by atoms with Crippen LogP contribution >= 0.6 is 12.4 Å². The summed E-state index contributed by atoms with van der Waals surface area (Å²) in [6.07, 6.45) is 0.891. The molecule has 15 heavy (non-hydrogen) atoms. The lowest BCUT2D eigenvalue weighted by atomic mass is 9.86. The first-order valence-electron chi connectivity index (χ1n) is 5.12. The van der Waals surface area contributed by atoms with Crippen molar-refractivity contribution in [1.29, 1.82) is 0 Å². The highest BCUT2D eigenvalue weighted by atomic mass is 35.5. The smallest absolute Gasteiger partial charge is 0.240 e. The van der Waals surface area contributed by atoms with E-state index in [1.54, 1.807) is 4.90 Å². The number of carbonyl (C=O) groups is 1. The first-order valence-corrected chi connectivity index (χ1v) is 5.12. The molecule has 1 aliphatic rings. The fourth-order valence-corrected chi connectivity index (χ4v) is 1.55. The number of nitrogens with two attached hydrogens (primary N) is 2. The maximum atomic E-state index is 11.9. The lowest BCUT2D eigenvalue weighted by molar-refractivity contribution is -0.133. The van der Waals surface area contributed by atoms with Gasteiger partial charge in [-0.05, 0) is 11.8 Å². The van der Waals surface area contributed by atoms with Gasteiger partial charge in [-0.2, -0.15) is 0 Å². The molecule has 1 heterocycles. The van der Waals surface area contributed by atoms with Crippen LogP contribution in [0.5, 0.6) is 0 Å². The zero-order valence-electron chi connectivity index (χ0n) is 9.69. The molecule has 0 saturated carbocycles. The molecule has 1 saturated heterocycles. The van der Waals surface area contributed by atoms with Crippen molar-refractivity contribution in [3.05, 3.63) is 0 Å². The van der Waals surface area contributed by atoms with Gasteiger partial charge in [0.15, 0.2) is 0 Å². The summed E-state index contributed by atoms with van der Waals surface area (Å²) < 4.78 is 0. The Morgan fingerprint density at radius 1 is 1.47 bits per heavy atom. The zero-order chi connectivity index (χ0) is 10.9. The molecule has 0 aromatic rings. The molecule has 1 aliphatic heterocycles. The molecular weight excluding hydrogens is 214 g/mol. The van der Waals surface area contributed by atoms with Gasteiger partial charge in [-0.25, -0.2) is 0 Å². The second-order valence-corrected chi connectivity index (χ2v) is 5.18. The summed E-state index contributed by atoms with van der Waals surface area (Å²) in [6.45, 7) is 7.34. The summed E-state index contributed by atoms with van der Waals surface area (Å²) in [5, 5.41) is 0. The number of nitrogens with zero attached hydrogens (tertiary/aromatic N) is 1. The predicted molar refractivity (Wildman–Crippen MR) is 63.9 cm³/mol. The van der Waals surface area contributed by atoms with Gasteiger partial charge < -0.3 is 16.4 Å². The highest BCUT2D eigenvalue weighted by molar-refractivity contribution is 5.85. The van der Waals surface area contributed by atoms with E-state index in [4.69, 9.17) is 11.5 Å². The van der Waals surface area contributed by atoms with Gasteiger partial charge >= 0.3 is 0 Å². The van der Waals surface area contributed by atoms with E-state index in [0.717, 1.165) is 13.0 Å². The number of rotatable bonds is 1. The van der Waals surface area contributed by atoms with Gasteiger partial charge in [0.05, 0.1) is 6.04 Å². The lowest BCUT2D eigenvalue weighted by Crippen LogP contribution is -2.50. The molecule has 0 aromatic carbocycles. The van der Waals surface area contributed by atoms with Gasteiger partial charge in [0.2, 0.25) is 5.91 Å². The maximum Gasteiger partial charge on any atom is 0.240 e. The Labute approximate surface area is 97.8 Å². The van der Waals surface area contributed by atoms with Crippen molar-refractivity contribution in [2.75, 3.05) is 13.1 Å². The van der Waals surface area contributed by atoms with Crippen LogP contribution in [0.15, 0.2) is 0 Å². The summed E-state index contributed by atoms with van der Waals surface area (Å²) >= 11 is 0. The van der Waals surface area contributed by atoms with Crippen LogP contribution in [0.4, 0.5) is 0 Å². The molecule has 1 unspecified atom stereocenters. The highest BCUT2D eigenvalue weighted by Crippen LogP contribution is 2.20. The molecule has 4 N–H and O–H groups in total. The summed E-state index contributed by atoms with van der Waals surface area (Å²) in [4.78, 5) is 13.7. The van der Waals surface area contributed by atoms with Crippen LogP contribution in [0.2, 0.25) is 0 Å². The topological polar surface area (TPSA) is 72.4 Å². The third-order valence-electron chi connectivity index (χ3n) is 2.74. The molecule has 4 nitrogen and oxygen atoms in total. The normalized spacial score (nSPS) is 23.5. The average molecular weight is 236 g/mol. The molecule has 90 valence electrons. The van der Waals surface area contributed by atoms with E-state index in [-0.39, 0.29) is 29.8 Å². The lowest BCUT2D eigenvalue weighted by Gasteiger charge is -2.29. The Morgan fingerprint density at radius 2 is 2.00 bits per heavy atom. The van der Waals surface area contributed by atoms with E-state index in [1.807, 2.05) is 20.8 Å². The van der Waals surface area contributed by atoms with Crippen molar-refractivity contribution in [1.82, 2.24) is 4.90 Å². The molecule has 0 radical (unpaired) electrons. The minimum atomic E-state index is -0.423.